The van der Waals surface area contributed by atoms with Gasteiger partial charge in [-0.25, -0.2) is 4.98 Å². The van der Waals surface area contributed by atoms with E-state index in [0.29, 0.717) is 20.9 Å². The van der Waals surface area contributed by atoms with E-state index in [0.717, 1.165) is 22.1 Å². The zero-order valence-corrected chi connectivity index (χ0v) is 17.1. The standard InChI is InChI=1S/C19H17N5O2S2/c1-10-8-15-22-23-19(24(15)14-7-5-4-6-13(10)14)27-9-16(26)21-18-20-11(2)17(28-18)12(3)25/h4-8H,9H2,1-3H3,(H,20,21,26). The van der Waals surface area contributed by atoms with Crippen LogP contribution in [-0.4, -0.2) is 37.0 Å². The number of carbonyl (C=O) groups excluding carboxylic acids is 2. The molecule has 1 amide bonds. The van der Waals surface area contributed by atoms with Gasteiger partial charge in [-0.2, -0.15) is 0 Å². The van der Waals surface area contributed by atoms with Crippen molar-refractivity contribution in [3.63, 3.8) is 0 Å². The number of hydrogen-bond donors (Lipinski definition) is 1. The number of carbonyl (C=O) groups is 2. The zero-order chi connectivity index (χ0) is 19.8. The number of thioether (sulfide) groups is 1. The fraction of sp³-hybridized carbons (Fsp3) is 0.211. The summed E-state index contributed by atoms with van der Waals surface area (Å²) in [6, 6.07) is 10.0. The average molecular weight is 412 g/mol. The number of hydrogen-bond acceptors (Lipinski definition) is 7. The van der Waals surface area contributed by atoms with Crippen LogP contribution in [0.3, 0.4) is 0 Å². The Hall–Kier alpha value is -2.78. The number of thiazole rings is 1. The van der Waals surface area contributed by atoms with E-state index in [1.165, 1.54) is 30.0 Å². The lowest BCUT2D eigenvalue weighted by Gasteiger charge is -2.07. The Morgan fingerprint density at radius 3 is 2.75 bits per heavy atom. The molecule has 9 heteroatoms. The highest BCUT2D eigenvalue weighted by Gasteiger charge is 2.16. The highest BCUT2D eigenvalue weighted by molar-refractivity contribution is 7.99. The van der Waals surface area contributed by atoms with Crippen molar-refractivity contribution >= 4 is 56.5 Å². The van der Waals surface area contributed by atoms with Gasteiger partial charge in [0.15, 0.2) is 21.7 Å². The lowest BCUT2D eigenvalue weighted by molar-refractivity contribution is -0.113. The van der Waals surface area contributed by atoms with Crippen LogP contribution in [0.4, 0.5) is 5.13 Å². The third-order valence-electron chi connectivity index (χ3n) is 4.27. The first kappa shape index (κ1) is 18.6. The Labute approximate surface area is 169 Å². The van der Waals surface area contributed by atoms with Crippen LogP contribution in [0.1, 0.15) is 27.9 Å². The summed E-state index contributed by atoms with van der Waals surface area (Å²) in [6.45, 7) is 5.29. The zero-order valence-electron chi connectivity index (χ0n) is 15.5. The number of aryl methyl sites for hydroxylation is 2. The molecule has 0 saturated carbocycles. The normalized spacial score (nSPS) is 11.2. The molecule has 7 nitrogen and oxygen atoms in total. The van der Waals surface area contributed by atoms with Crippen molar-refractivity contribution in [1.82, 2.24) is 19.6 Å². The maximum atomic E-state index is 12.3. The van der Waals surface area contributed by atoms with Gasteiger partial charge in [-0.05, 0) is 31.5 Å². The molecule has 3 aromatic heterocycles. The summed E-state index contributed by atoms with van der Waals surface area (Å²) in [7, 11) is 0. The van der Waals surface area contributed by atoms with Gasteiger partial charge in [0.05, 0.1) is 21.8 Å². The minimum Gasteiger partial charge on any atom is -0.301 e. The minimum atomic E-state index is -0.206. The third-order valence-corrected chi connectivity index (χ3v) is 6.37. The molecule has 4 aromatic rings. The molecular formula is C19H17N5O2S2. The van der Waals surface area contributed by atoms with Gasteiger partial charge in [0.25, 0.3) is 0 Å². The molecule has 0 unspecified atom stereocenters. The van der Waals surface area contributed by atoms with Gasteiger partial charge in [-0.3, -0.25) is 14.0 Å². The summed E-state index contributed by atoms with van der Waals surface area (Å²) in [5, 5.41) is 13.4. The van der Waals surface area contributed by atoms with Crippen molar-refractivity contribution in [2.45, 2.75) is 25.9 Å². The number of anilines is 1. The van der Waals surface area contributed by atoms with Crippen molar-refractivity contribution in [2.75, 3.05) is 11.1 Å². The van der Waals surface area contributed by atoms with Crippen LogP contribution in [0.25, 0.3) is 16.6 Å². The molecule has 0 aliphatic heterocycles. The molecule has 0 atom stereocenters. The Balaban J connectivity index is 1.54. The summed E-state index contributed by atoms with van der Waals surface area (Å²) in [5.41, 5.74) is 3.52. The molecule has 1 aromatic carbocycles. The van der Waals surface area contributed by atoms with Gasteiger partial charge in [-0.1, -0.05) is 41.3 Å². The molecule has 4 rings (SSSR count). The van der Waals surface area contributed by atoms with Gasteiger partial charge in [-0.15, -0.1) is 10.2 Å². The topological polar surface area (TPSA) is 89.2 Å². The van der Waals surface area contributed by atoms with Gasteiger partial charge in [0.2, 0.25) is 5.91 Å². The highest BCUT2D eigenvalue weighted by Crippen LogP contribution is 2.26. The lowest BCUT2D eigenvalue weighted by atomic mass is 10.1. The summed E-state index contributed by atoms with van der Waals surface area (Å²) < 4.78 is 1.96. The Morgan fingerprint density at radius 2 is 2.00 bits per heavy atom. The molecule has 0 saturated heterocycles. The molecule has 0 bridgehead atoms. The SMILES string of the molecule is CC(=O)c1sc(NC(=O)CSc2nnc3cc(C)c4ccccc4n23)nc1C. The summed E-state index contributed by atoms with van der Waals surface area (Å²) in [5.74, 6) is -0.0965. The molecule has 142 valence electrons. The van der Waals surface area contributed by atoms with Crippen molar-refractivity contribution in [2.24, 2.45) is 0 Å². The molecule has 0 radical (unpaired) electrons. The smallest absolute Gasteiger partial charge is 0.236 e. The molecule has 0 aliphatic carbocycles. The third kappa shape index (κ3) is 3.38. The second-order valence-corrected chi connectivity index (χ2v) is 8.29. The number of pyridine rings is 1. The van der Waals surface area contributed by atoms with E-state index in [1.807, 2.05) is 35.6 Å². The second kappa shape index (κ2) is 7.33. The highest BCUT2D eigenvalue weighted by atomic mass is 32.2. The first-order valence-corrected chi connectivity index (χ1v) is 10.4. The van der Waals surface area contributed by atoms with E-state index in [1.54, 1.807) is 6.92 Å². The molecular weight excluding hydrogens is 394 g/mol. The number of aromatic nitrogens is 4. The molecule has 1 N–H and O–H groups in total. The number of rotatable bonds is 5. The van der Waals surface area contributed by atoms with E-state index in [2.05, 4.69) is 26.6 Å². The van der Waals surface area contributed by atoms with Crippen LogP contribution in [0.15, 0.2) is 35.5 Å². The first-order valence-electron chi connectivity index (χ1n) is 8.58. The van der Waals surface area contributed by atoms with E-state index in [9.17, 15) is 9.59 Å². The van der Waals surface area contributed by atoms with E-state index in [-0.39, 0.29) is 17.4 Å². The number of ketones is 1. The maximum absolute atomic E-state index is 12.3. The molecule has 0 fully saturated rings. The Bertz CT molecular complexity index is 1230. The van der Waals surface area contributed by atoms with Gasteiger partial charge < -0.3 is 5.32 Å². The molecule has 0 aliphatic rings. The van der Waals surface area contributed by atoms with Gasteiger partial charge >= 0.3 is 0 Å². The average Bonchev–Trinajstić information content (AvgIpc) is 3.23. The number of benzene rings is 1. The van der Waals surface area contributed by atoms with E-state index >= 15 is 0 Å². The van der Waals surface area contributed by atoms with E-state index in [4.69, 9.17) is 0 Å². The van der Waals surface area contributed by atoms with Gasteiger partial charge in [0, 0.05) is 12.3 Å². The number of nitrogens with zero attached hydrogens (tertiary/aromatic N) is 4. The fourth-order valence-corrected chi connectivity index (χ4v) is 4.66. The van der Waals surface area contributed by atoms with Crippen molar-refractivity contribution in [1.29, 1.82) is 0 Å². The van der Waals surface area contributed by atoms with Crippen molar-refractivity contribution in [3.8, 4) is 0 Å². The minimum absolute atomic E-state index is 0.0537. The quantitative estimate of drug-likeness (QED) is 0.396. The van der Waals surface area contributed by atoms with Crippen LogP contribution < -0.4 is 5.32 Å². The number of para-hydroxylation sites is 1. The van der Waals surface area contributed by atoms with Gasteiger partial charge in [0.1, 0.15) is 0 Å². The predicted octanol–water partition coefficient (Wildman–Crippen LogP) is 3.89. The summed E-state index contributed by atoms with van der Waals surface area (Å²) >= 11 is 2.50. The molecule has 3 heterocycles. The lowest BCUT2D eigenvalue weighted by Crippen LogP contribution is -2.14. The predicted molar refractivity (Wildman–Crippen MR) is 111 cm³/mol. The Morgan fingerprint density at radius 1 is 1.21 bits per heavy atom. The fourth-order valence-electron chi connectivity index (χ4n) is 3.03. The Kier molecular flexibility index (Phi) is 4.86. The number of nitrogens with one attached hydrogen (secondary N) is 1. The van der Waals surface area contributed by atoms with Crippen LogP contribution >= 0.6 is 23.1 Å². The summed E-state index contributed by atoms with van der Waals surface area (Å²) in [6.07, 6.45) is 0. The maximum Gasteiger partial charge on any atom is 0.236 e. The summed E-state index contributed by atoms with van der Waals surface area (Å²) in [4.78, 5) is 28.7. The number of fused-ring (bicyclic) bond motifs is 3. The first-order chi connectivity index (χ1) is 13.4. The molecule has 0 spiro atoms. The van der Waals surface area contributed by atoms with Crippen molar-refractivity contribution < 1.29 is 9.59 Å². The number of Topliss-reactive ketones (excluding diaryl/α,β-unsaturated/α-hetero) is 1. The van der Waals surface area contributed by atoms with Crippen molar-refractivity contribution in [3.05, 3.63) is 46.5 Å². The van der Waals surface area contributed by atoms with Crippen LogP contribution in [0.5, 0.6) is 0 Å². The molecule has 28 heavy (non-hydrogen) atoms. The largest absolute Gasteiger partial charge is 0.301 e. The monoisotopic (exact) mass is 411 g/mol. The number of amides is 1. The second-order valence-electron chi connectivity index (χ2n) is 6.35. The van der Waals surface area contributed by atoms with Crippen LogP contribution in [0.2, 0.25) is 0 Å². The van der Waals surface area contributed by atoms with Crippen LogP contribution in [-0.2, 0) is 4.79 Å². The van der Waals surface area contributed by atoms with E-state index < -0.39 is 0 Å². The van der Waals surface area contributed by atoms with Crippen LogP contribution in [0, 0.1) is 13.8 Å².